The summed E-state index contributed by atoms with van der Waals surface area (Å²) in [6, 6.07) is 5.68. The van der Waals surface area contributed by atoms with E-state index in [0.29, 0.717) is 17.9 Å². The second kappa shape index (κ2) is 11.5. The number of rotatable bonds is 6. The van der Waals surface area contributed by atoms with Crippen molar-refractivity contribution in [3.05, 3.63) is 35.9 Å². The van der Waals surface area contributed by atoms with E-state index < -0.39 is 0 Å². The Kier molecular flexibility index (Phi) is 9.10. The Morgan fingerprint density at radius 3 is 2.21 bits per heavy atom. The van der Waals surface area contributed by atoms with Crippen molar-refractivity contribution >= 4 is 0 Å². The number of aliphatic hydroxyl groups excluding tert-OH is 2. The van der Waals surface area contributed by atoms with Gasteiger partial charge in [-0.25, -0.2) is 0 Å². The van der Waals surface area contributed by atoms with Crippen LogP contribution in [0.4, 0.5) is 0 Å². The third-order valence-electron chi connectivity index (χ3n) is 9.47. The molecule has 192 valence electrons. The zero-order chi connectivity index (χ0) is 24.9. The Labute approximate surface area is 206 Å². The summed E-state index contributed by atoms with van der Waals surface area (Å²) >= 11 is 0. The molecule has 0 saturated heterocycles. The smallest absolute Gasteiger partial charge is 0.122 e. The highest BCUT2D eigenvalue weighted by molar-refractivity contribution is 5.38. The number of benzene rings is 1. The predicted molar refractivity (Wildman–Crippen MR) is 136 cm³/mol. The lowest BCUT2D eigenvalue weighted by Crippen LogP contribution is -2.46. The summed E-state index contributed by atoms with van der Waals surface area (Å²) in [7, 11) is 4.92. The predicted octanol–water partition coefficient (Wildman–Crippen LogP) is 5.77. The zero-order valence-electron chi connectivity index (χ0n) is 21.9. The molecule has 6 atom stereocenters. The minimum Gasteiger partial charge on any atom is -0.497 e. The van der Waals surface area contributed by atoms with Crippen LogP contribution in [-0.2, 0) is 11.3 Å². The van der Waals surface area contributed by atoms with Crippen LogP contribution in [0.1, 0.15) is 70.8 Å². The number of fused-ring (bicyclic) bond motifs is 1. The summed E-state index contributed by atoms with van der Waals surface area (Å²) in [5.74, 6) is 3.36. The van der Waals surface area contributed by atoms with Crippen LogP contribution in [0.2, 0.25) is 0 Å². The molecule has 1 aromatic carbocycles. The molecule has 0 amide bonds. The summed E-state index contributed by atoms with van der Waals surface area (Å²) in [6.07, 6.45) is 8.96. The van der Waals surface area contributed by atoms with Crippen LogP contribution in [0, 0.1) is 28.6 Å². The van der Waals surface area contributed by atoms with Crippen LogP contribution >= 0.6 is 0 Å². The van der Waals surface area contributed by atoms with Gasteiger partial charge >= 0.3 is 0 Å². The highest BCUT2D eigenvalue weighted by Gasteiger charge is 2.52. The van der Waals surface area contributed by atoms with E-state index >= 15 is 0 Å². The highest BCUT2D eigenvalue weighted by atomic mass is 16.5. The number of aliphatic hydroxyl groups is 2. The molecule has 0 aromatic heterocycles. The molecule has 34 heavy (non-hydrogen) atoms. The van der Waals surface area contributed by atoms with E-state index in [0.717, 1.165) is 42.2 Å². The maximum atomic E-state index is 9.94. The number of hydrogen-bond donors (Lipinski definition) is 2. The van der Waals surface area contributed by atoms with Crippen LogP contribution in [0.25, 0.3) is 0 Å². The molecule has 4 rings (SSSR count). The molecule has 1 aromatic rings. The largest absolute Gasteiger partial charge is 0.497 e. The summed E-state index contributed by atoms with van der Waals surface area (Å²) in [5, 5.41) is 19.8. The second-order valence-corrected chi connectivity index (χ2v) is 11.2. The quantitative estimate of drug-likeness (QED) is 0.513. The van der Waals surface area contributed by atoms with Gasteiger partial charge in [-0.3, -0.25) is 0 Å². The fraction of sp³-hybridized carbons (Fsp3) is 0.724. The highest BCUT2D eigenvalue weighted by Crippen LogP contribution is 2.61. The Balaban J connectivity index is 0.000000215. The van der Waals surface area contributed by atoms with Crippen LogP contribution in [0.5, 0.6) is 11.5 Å². The Morgan fingerprint density at radius 2 is 1.62 bits per heavy atom. The zero-order valence-corrected chi connectivity index (χ0v) is 21.9. The van der Waals surface area contributed by atoms with Crippen LogP contribution in [0.15, 0.2) is 30.4 Å². The standard InChI is InChI=1S/C19H32O2.C10H14O3/c1-13-4-5-14-10-15(6-8-18(13,14)2)19(3)9-7-17(21)11-16(19)12-20;1-11-7-8-4-9(12-2)6-10(5-8)13-3/h14-17,20-21H,1,4-12H2,2-3H3;4-6H,7H2,1-3H3. The van der Waals surface area contributed by atoms with Gasteiger partial charge in [-0.1, -0.05) is 26.0 Å². The molecule has 3 fully saturated rings. The summed E-state index contributed by atoms with van der Waals surface area (Å²) in [4.78, 5) is 0. The average Bonchev–Trinajstić information content (AvgIpc) is 3.14. The first kappa shape index (κ1) is 27.0. The molecule has 0 heterocycles. The molecule has 5 nitrogen and oxygen atoms in total. The van der Waals surface area contributed by atoms with E-state index in [-0.39, 0.29) is 24.0 Å². The molecule has 3 aliphatic carbocycles. The van der Waals surface area contributed by atoms with Gasteiger partial charge in [0.05, 0.1) is 26.9 Å². The van der Waals surface area contributed by atoms with Crippen LogP contribution < -0.4 is 9.47 Å². The van der Waals surface area contributed by atoms with Gasteiger partial charge in [0.15, 0.2) is 0 Å². The van der Waals surface area contributed by atoms with Crippen molar-refractivity contribution in [2.45, 2.75) is 77.9 Å². The molecule has 0 aliphatic heterocycles. The Morgan fingerprint density at radius 1 is 0.941 bits per heavy atom. The van der Waals surface area contributed by atoms with Gasteiger partial charge in [-0.15, -0.1) is 0 Å². The average molecular weight is 475 g/mol. The number of ether oxygens (including phenoxy) is 3. The van der Waals surface area contributed by atoms with Crippen LogP contribution in [-0.4, -0.2) is 44.3 Å². The van der Waals surface area contributed by atoms with Crippen LogP contribution in [0.3, 0.4) is 0 Å². The topological polar surface area (TPSA) is 68.2 Å². The third-order valence-corrected chi connectivity index (χ3v) is 9.47. The first-order chi connectivity index (χ1) is 16.2. The molecule has 0 radical (unpaired) electrons. The molecule has 2 N–H and O–H groups in total. The van der Waals surface area contributed by atoms with Crippen molar-refractivity contribution < 1.29 is 24.4 Å². The molecule has 0 bridgehead atoms. The van der Waals surface area contributed by atoms with Crippen molar-refractivity contribution in [2.75, 3.05) is 27.9 Å². The van der Waals surface area contributed by atoms with E-state index in [4.69, 9.17) is 14.2 Å². The van der Waals surface area contributed by atoms with Gasteiger partial charge in [-0.05, 0) is 97.6 Å². The molecule has 0 spiro atoms. The first-order valence-corrected chi connectivity index (χ1v) is 12.9. The lowest BCUT2D eigenvalue weighted by molar-refractivity contribution is -0.0661. The van der Waals surface area contributed by atoms with Gasteiger partial charge in [0.2, 0.25) is 0 Å². The van der Waals surface area contributed by atoms with Crippen molar-refractivity contribution in [2.24, 2.45) is 28.6 Å². The minimum atomic E-state index is -0.199. The molecule has 6 unspecified atom stereocenters. The van der Waals surface area contributed by atoms with Crippen molar-refractivity contribution in [3.8, 4) is 11.5 Å². The maximum Gasteiger partial charge on any atom is 0.122 e. The lowest BCUT2D eigenvalue weighted by atomic mass is 9.53. The van der Waals surface area contributed by atoms with E-state index in [2.05, 4.69) is 20.4 Å². The van der Waals surface area contributed by atoms with Gasteiger partial charge in [0, 0.05) is 19.8 Å². The summed E-state index contributed by atoms with van der Waals surface area (Å²) in [5.41, 5.74) is 3.13. The van der Waals surface area contributed by atoms with Gasteiger partial charge < -0.3 is 24.4 Å². The van der Waals surface area contributed by atoms with E-state index in [1.54, 1.807) is 21.3 Å². The fourth-order valence-electron chi connectivity index (χ4n) is 6.87. The van der Waals surface area contributed by atoms with Gasteiger partial charge in [-0.2, -0.15) is 0 Å². The molecule has 3 saturated carbocycles. The minimum absolute atomic E-state index is 0.199. The Bertz CT molecular complexity index is 800. The lowest BCUT2D eigenvalue weighted by Gasteiger charge is -2.52. The SMILES string of the molecule is C=C1CCC2CC(C3(C)CCC(O)CC3CO)CCC12C.COCc1cc(OC)cc(OC)c1. The second-order valence-electron chi connectivity index (χ2n) is 11.2. The number of allylic oxidation sites excluding steroid dienone is 1. The van der Waals surface area contributed by atoms with E-state index in [1.165, 1.54) is 37.7 Å². The van der Waals surface area contributed by atoms with Crippen molar-refractivity contribution in [1.82, 2.24) is 0 Å². The van der Waals surface area contributed by atoms with Crippen molar-refractivity contribution in [1.29, 1.82) is 0 Å². The number of methoxy groups -OCH3 is 3. The maximum absolute atomic E-state index is 9.94. The summed E-state index contributed by atoms with van der Waals surface area (Å²) in [6.45, 7) is 9.95. The third kappa shape index (κ3) is 5.63. The van der Waals surface area contributed by atoms with E-state index in [9.17, 15) is 10.2 Å². The molecule has 3 aliphatic rings. The molecular formula is C29H46O5. The molecule has 5 heteroatoms. The monoisotopic (exact) mass is 474 g/mol. The fourth-order valence-corrected chi connectivity index (χ4v) is 6.87. The molecular weight excluding hydrogens is 428 g/mol. The van der Waals surface area contributed by atoms with Crippen molar-refractivity contribution in [3.63, 3.8) is 0 Å². The summed E-state index contributed by atoms with van der Waals surface area (Å²) < 4.78 is 15.2. The van der Waals surface area contributed by atoms with E-state index in [1.807, 2.05) is 18.2 Å². The van der Waals surface area contributed by atoms with Gasteiger partial charge in [0.25, 0.3) is 0 Å². The van der Waals surface area contributed by atoms with Gasteiger partial charge in [0.1, 0.15) is 11.5 Å². The Hall–Kier alpha value is -1.56. The normalized spacial score (nSPS) is 35.2. The first-order valence-electron chi connectivity index (χ1n) is 12.9. The number of hydrogen-bond acceptors (Lipinski definition) is 5.